The lowest BCUT2D eigenvalue weighted by Crippen LogP contribution is -1.92. The van der Waals surface area contributed by atoms with Crippen LogP contribution in [0.5, 0.6) is 5.75 Å². The molecule has 132 valence electrons. The van der Waals surface area contributed by atoms with Gasteiger partial charge in [0.15, 0.2) is 0 Å². The van der Waals surface area contributed by atoms with Crippen LogP contribution in [0.4, 0.5) is 0 Å². The van der Waals surface area contributed by atoms with Crippen molar-refractivity contribution in [2.45, 2.75) is 96.8 Å². The average molecular weight is 319 g/mol. The molecule has 0 radical (unpaired) electrons. The van der Waals surface area contributed by atoms with Gasteiger partial charge in [0.05, 0.1) is 7.11 Å². The molecule has 0 saturated carbocycles. The highest BCUT2D eigenvalue weighted by Gasteiger charge is 2.01. The monoisotopic (exact) mass is 318 g/mol. The number of para-hydroxylation sites is 1. The Morgan fingerprint density at radius 3 is 1.65 bits per heavy atom. The number of hydrogen-bond donors (Lipinski definition) is 0. The molecule has 0 bridgehead atoms. The molecule has 0 heterocycles. The fourth-order valence-electron chi connectivity index (χ4n) is 3.24. The summed E-state index contributed by atoms with van der Waals surface area (Å²) in [6.45, 7) is 2.29. The number of aryl methyl sites for hydroxylation is 1. The number of unbranched alkanes of at least 4 members (excludes halogenated alkanes) is 12. The number of rotatable bonds is 15. The molecule has 1 nitrogen and oxygen atoms in total. The molecule has 0 saturated heterocycles. The zero-order valence-corrected chi connectivity index (χ0v) is 15.6. The molecular weight excluding hydrogens is 280 g/mol. The summed E-state index contributed by atoms with van der Waals surface area (Å²) < 4.78 is 5.41. The lowest BCUT2D eigenvalue weighted by atomic mass is 10.0. The van der Waals surface area contributed by atoms with Gasteiger partial charge in [-0.25, -0.2) is 0 Å². The van der Waals surface area contributed by atoms with Crippen LogP contribution < -0.4 is 4.74 Å². The van der Waals surface area contributed by atoms with Gasteiger partial charge < -0.3 is 4.74 Å². The number of ether oxygens (including phenoxy) is 1. The van der Waals surface area contributed by atoms with Crippen molar-refractivity contribution in [3.8, 4) is 5.75 Å². The highest BCUT2D eigenvalue weighted by Crippen LogP contribution is 2.20. The lowest BCUT2D eigenvalue weighted by molar-refractivity contribution is 0.408. The normalized spacial score (nSPS) is 10.9. The quantitative estimate of drug-likeness (QED) is 0.308. The Bertz CT molecular complexity index is 372. The maximum absolute atomic E-state index is 5.41. The maximum atomic E-state index is 5.41. The van der Waals surface area contributed by atoms with E-state index in [9.17, 15) is 0 Å². The summed E-state index contributed by atoms with van der Waals surface area (Å²) in [6.07, 6.45) is 19.5. The van der Waals surface area contributed by atoms with Gasteiger partial charge in [0.25, 0.3) is 0 Å². The van der Waals surface area contributed by atoms with Crippen LogP contribution in [0.25, 0.3) is 0 Å². The minimum absolute atomic E-state index is 1.05. The topological polar surface area (TPSA) is 9.23 Å². The van der Waals surface area contributed by atoms with Crippen molar-refractivity contribution in [1.29, 1.82) is 0 Å². The molecular formula is C22H38O. The van der Waals surface area contributed by atoms with E-state index in [0.29, 0.717) is 0 Å². The molecule has 0 spiro atoms. The molecule has 0 aliphatic heterocycles. The van der Waals surface area contributed by atoms with Crippen LogP contribution in [0.2, 0.25) is 0 Å². The number of methoxy groups -OCH3 is 1. The second-order valence-electron chi connectivity index (χ2n) is 6.80. The largest absolute Gasteiger partial charge is 0.496 e. The highest BCUT2D eigenvalue weighted by atomic mass is 16.5. The Balaban J connectivity index is 1.86. The van der Waals surface area contributed by atoms with Gasteiger partial charge in [-0.15, -0.1) is 0 Å². The summed E-state index contributed by atoms with van der Waals surface area (Å²) in [7, 11) is 1.77. The summed E-state index contributed by atoms with van der Waals surface area (Å²) in [5.41, 5.74) is 1.36. The molecule has 1 rings (SSSR count). The van der Waals surface area contributed by atoms with E-state index in [4.69, 9.17) is 4.74 Å². The molecule has 0 unspecified atom stereocenters. The van der Waals surface area contributed by atoms with Crippen molar-refractivity contribution in [2.24, 2.45) is 0 Å². The summed E-state index contributed by atoms with van der Waals surface area (Å²) >= 11 is 0. The molecule has 0 amide bonds. The van der Waals surface area contributed by atoms with E-state index in [0.717, 1.165) is 12.2 Å². The molecule has 0 fully saturated rings. The maximum Gasteiger partial charge on any atom is 0.122 e. The van der Waals surface area contributed by atoms with Crippen molar-refractivity contribution in [3.63, 3.8) is 0 Å². The van der Waals surface area contributed by atoms with Gasteiger partial charge in [-0.05, 0) is 24.5 Å². The predicted octanol–water partition coefficient (Wildman–Crippen LogP) is 7.33. The number of hydrogen-bond acceptors (Lipinski definition) is 1. The van der Waals surface area contributed by atoms with Crippen molar-refractivity contribution in [2.75, 3.05) is 7.11 Å². The smallest absolute Gasteiger partial charge is 0.122 e. The minimum atomic E-state index is 1.05. The summed E-state index contributed by atoms with van der Waals surface area (Å²) in [6, 6.07) is 8.42. The van der Waals surface area contributed by atoms with E-state index in [1.54, 1.807) is 7.11 Å². The predicted molar refractivity (Wildman–Crippen MR) is 102 cm³/mol. The molecule has 1 aromatic rings. The minimum Gasteiger partial charge on any atom is -0.496 e. The Morgan fingerprint density at radius 1 is 0.652 bits per heavy atom. The molecule has 0 aliphatic rings. The molecule has 0 atom stereocenters. The molecule has 0 aliphatic carbocycles. The Hall–Kier alpha value is -0.980. The van der Waals surface area contributed by atoms with Crippen LogP contribution in [0, 0.1) is 0 Å². The van der Waals surface area contributed by atoms with Gasteiger partial charge in [-0.2, -0.15) is 0 Å². The Morgan fingerprint density at radius 2 is 1.13 bits per heavy atom. The molecule has 1 heteroatoms. The van der Waals surface area contributed by atoms with Gasteiger partial charge in [-0.1, -0.05) is 102 Å². The van der Waals surface area contributed by atoms with Crippen molar-refractivity contribution in [1.82, 2.24) is 0 Å². The van der Waals surface area contributed by atoms with Gasteiger partial charge >= 0.3 is 0 Å². The molecule has 23 heavy (non-hydrogen) atoms. The van der Waals surface area contributed by atoms with Crippen LogP contribution in [0.3, 0.4) is 0 Å². The third kappa shape index (κ3) is 10.4. The molecule has 0 N–H and O–H groups in total. The average Bonchev–Trinajstić information content (AvgIpc) is 2.59. The first-order valence-corrected chi connectivity index (χ1v) is 10.0. The van der Waals surface area contributed by atoms with Gasteiger partial charge in [0.1, 0.15) is 5.75 Å². The van der Waals surface area contributed by atoms with Gasteiger partial charge in [0.2, 0.25) is 0 Å². The third-order valence-corrected chi connectivity index (χ3v) is 4.74. The molecule has 0 aromatic heterocycles. The van der Waals surface area contributed by atoms with E-state index in [1.165, 1.54) is 89.0 Å². The third-order valence-electron chi connectivity index (χ3n) is 4.74. The SMILES string of the molecule is CCCCCCCCCCCCCCCc1ccccc1OC. The fraction of sp³-hybridized carbons (Fsp3) is 0.727. The first-order valence-electron chi connectivity index (χ1n) is 10.0. The van der Waals surface area contributed by atoms with E-state index >= 15 is 0 Å². The van der Waals surface area contributed by atoms with Gasteiger partial charge in [-0.3, -0.25) is 0 Å². The van der Waals surface area contributed by atoms with Crippen LogP contribution in [-0.4, -0.2) is 7.11 Å². The first-order chi connectivity index (χ1) is 11.4. The first kappa shape index (κ1) is 20.1. The van der Waals surface area contributed by atoms with Crippen molar-refractivity contribution in [3.05, 3.63) is 29.8 Å². The molecule has 1 aromatic carbocycles. The zero-order valence-electron chi connectivity index (χ0n) is 15.6. The van der Waals surface area contributed by atoms with E-state index in [1.807, 2.05) is 6.07 Å². The summed E-state index contributed by atoms with van der Waals surface area (Å²) in [5.74, 6) is 1.05. The highest BCUT2D eigenvalue weighted by molar-refractivity contribution is 5.33. The Kier molecular flexibility index (Phi) is 12.7. The van der Waals surface area contributed by atoms with Crippen molar-refractivity contribution >= 4 is 0 Å². The van der Waals surface area contributed by atoms with Crippen LogP contribution in [0.15, 0.2) is 24.3 Å². The van der Waals surface area contributed by atoms with E-state index in [2.05, 4.69) is 25.1 Å². The van der Waals surface area contributed by atoms with Gasteiger partial charge in [0, 0.05) is 0 Å². The van der Waals surface area contributed by atoms with Crippen molar-refractivity contribution < 1.29 is 4.74 Å². The summed E-state index contributed by atoms with van der Waals surface area (Å²) in [5, 5.41) is 0. The van der Waals surface area contributed by atoms with Crippen LogP contribution in [0.1, 0.15) is 96.0 Å². The number of benzene rings is 1. The van der Waals surface area contributed by atoms with E-state index in [-0.39, 0.29) is 0 Å². The Labute approximate surface area is 144 Å². The van der Waals surface area contributed by atoms with Crippen LogP contribution in [-0.2, 0) is 6.42 Å². The fourth-order valence-corrected chi connectivity index (χ4v) is 3.24. The lowest BCUT2D eigenvalue weighted by Gasteiger charge is -2.07. The van der Waals surface area contributed by atoms with E-state index < -0.39 is 0 Å². The standard InChI is InChI=1S/C22H38O/c1-3-4-5-6-7-8-9-10-11-12-13-14-15-18-21-19-16-17-20-22(21)23-2/h16-17,19-20H,3-15,18H2,1-2H3. The van der Waals surface area contributed by atoms with Crippen LogP contribution >= 0.6 is 0 Å². The second kappa shape index (κ2) is 14.6. The summed E-state index contributed by atoms with van der Waals surface area (Å²) in [4.78, 5) is 0. The second-order valence-corrected chi connectivity index (χ2v) is 6.80. The zero-order chi connectivity index (χ0) is 16.6.